The van der Waals surface area contributed by atoms with Crippen LogP contribution in [0.1, 0.15) is 11.1 Å². The van der Waals surface area contributed by atoms with Crippen LogP contribution in [-0.2, 0) is 12.8 Å². The second kappa shape index (κ2) is 14.7. The minimum atomic E-state index is 0.354. The average Bonchev–Trinajstić information content (AvgIpc) is 3.07. The molecule has 0 heterocycles. The number of para-hydroxylation sites is 1. The van der Waals surface area contributed by atoms with Gasteiger partial charge in [0.15, 0.2) is 0 Å². The van der Waals surface area contributed by atoms with E-state index in [1.807, 2.05) is 36.4 Å². The number of benzene rings is 5. The maximum atomic E-state index is 6.74. The molecule has 0 N–H and O–H groups in total. The van der Waals surface area contributed by atoms with Crippen LogP contribution in [0.25, 0.3) is 44.5 Å². The summed E-state index contributed by atoms with van der Waals surface area (Å²) in [4.78, 5) is 0. The fourth-order valence-electron chi connectivity index (χ4n) is 5.53. The quantitative estimate of drug-likeness (QED) is 0.123. The maximum Gasteiger partial charge on any atom is 0.136 e. The molecule has 44 heavy (non-hydrogen) atoms. The molecule has 0 saturated carbocycles. The summed E-state index contributed by atoms with van der Waals surface area (Å²) in [6, 6.07) is 38.3. The van der Waals surface area contributed by atoms with Crippen molar-refractivity contribution in [2.75, 3.05) is 13.2 Å². The van der Waals surface area contributed by atoms with Crippen molar-refractivity contribution in [3.8, 4) is 56.0 Å². The van der Waals surface area contributed by atoms with Gasteiger partial charge in [-0.25, -0.2) is 0 Å². The fraction of sp³-hybridized carbons (Fsp3) is 0.0952. The number of hydrogen-bond donors (Lipinski definition) is 0. The summed E-state index contributed by atoms with van der Waals surface area (Å²) in [6.45, 7) is 16.5. The van der Waals surface area contributed by atoms with Crippen molar-refractivity contribution >= 4 is 0 Å². The summed E-state index contributed by atoms with van der Waals surface area (Å²) >= 11 is 0. The predicted molar refractivity (Wildman–Crippen MR) is 187 cm³/mol. The van der Waals surface area contributed by atoms with E-state index in [-0.39, 0.29) is 0 Å². The van der Waals surface area contributed by atoms with Crippen molar-refractivity contribution in [1.82, 2.24) is 0 Å². The summed E-state index contributed by atoms with van der Waals surface area (Å²) in [7, 11) is 0. The van der Waals surface area contributed by atoms with Gasteiger partial charge in [0.1, 0.15) is 24.7 Å². The van der Waals surface area contributed by atoms with Crippen molar-refractivity contribution in [3.05, 3.63) is 171 Å². The van der Waals surface area contributed by atoms with Crippen LogP contribution in [0.4, 0.5) is 0 Å². The molecule has 0 aliphatic rings. The van der Waals surface area contributed by atoms with E-state index in [0.717, 1.165) is 68.8 Å². The second-order valence-electron chi connectivity index (χ2n) is 10.5. The van der Waals surface area contributed by atoms with Gasteiger partial charge in [-0.3, -0.25) is 0 Å². The van der Waals surface area contributed by atoms with Crippen molar-refractivity contribution in [3.63, 3.8) is 0 Å². The predicted octanol–water partition coefficient (Wildman–Crippen LogP) is 10.9. The van der Waals surface area contributed by atoms with Crippen molar-refractivity contribution in [2.45, 2.75) is 12.8 Å². The molecule has 0 radical (unpaired) electrons. The van der Waals surface area contributed by atoms with Crippen LogP contribution in [0.3, 0.4) is 0 Å². The zero-order valence-electron chi connectivity index (χ0n) is 25.2. The Bertz CT molecular complexity index is 1760. The summed E-state index contributed by atoms with van der Waals surface area (Å²) in [5.74, 6) is 1.58. The van der Waals surface area contributed by atoms with Gasteiger partial charge in [-0.15, -0.1) is 13.2 Å². The van der Waals surface area contributed by atoms with E-state index < -0.39 is 0 Å². The second-order valence-corrected chi connectivity index (χ2v) is 10.5. The molecule has 2 nitrogen and oxygen atoms in total. The maximum absolute atomic E-state index is 6.74. The SMILES string of the molecule is C=CCOc1ccccc1-c1cc(-c2ccccc2)c(-c2cccc(CC=C)c2)c(OCC=C)c1-c1ccc(CC=C)cc1. The van der Waals surface area contributed by atoms with Gasteiger partial charge in [0, 0.05) is 16.7 Å². The Morgan fingerprint density at radius 3 is 1.82 bits per heavy atom. The van der Waals surface area contributed by atoms with Crippen LogP contribution in [-0.4, -0.2) is 13.2 Å². The lowest BCUT2D eigenvalue weighted by Crippen LogP contribution is -2.03. The normalized spacial score (nSPS) is 10.5. The molecule has 0 aliphatic heterocycles. The smallest absolute Gasteiger partial charge is 0.136 e. The zero-order valence-corrected chi connectivity index (χ0v) is 25.2. The Labute approximate surface area is 262 Å². The first kappa shape index (κ1) is 30.1. The molecule has 218 valence electrons. The molecule has 0 spiro atoms. The van der Waals surface area contributed by atoms with Crippen LogP contribution >= 0.6 is 0 Å². The topological polar surface area (TPSA) is 18.5 Å². The Morgan fingerprint density at radius 1 is 0.455 bits per heavy atom. The molecular weight excluding hydrogens is 536 g/mol. The number of ether oxygens (including phenoxy) is 2. The first-order valence-corrected chi connectivity index (χ1v) is 14.9. The highest BCUT2D eigenvalue weighted by atomic mass is 16.5. The lowest BCUT2D eigenvalue weighted by atomic mass is 9.83. The first-order valence-electron chi connectivity index (χ1n) is 14.9. The van der Waals surface area contributed by atoms with Gasteiger partial charge in [0.25, 0.3) is 0 Å². The highest BCUT2D eigenvalue weighted by Crippen LogP contribution is 2.51. The Morgan fingerprint density at radius 2 is 1.09 bits per heavy atom. The van der Waals surface area contributed by atoms with Crippen LogP contribution in [0.2, 0.25) is 0 Å². The highest BCUT2D eigenvalue weighted by Gasteiger charge is 2.25. The van der Waals surface area contributed by atoms with E-state index in [2.05, 4.69) is 111 Å². The monoisotopic (exact) mass is 574 g/mol. The molecule has 5 aromatic rings. The number of allylic oxidation sites excluding steroid dienone is 2. The highest BCUT2D eigenvalue weighted by molar-refractivity contribution is 6.01. The fourth-order valence-corrected chi connectivity index (χ4v) is 5.53. The lowest BCUT2D eigenvalue weighted by molar-refractivity contribution is 0.364. The molecule has 5 aromatic carbocycles. The minimum absolute atomic E-state index is 0.354. The van der Waals surface area contributed by atoms with Crippen molar-refractivity contribution < 1.29 is 9.47 Å². The molecule has 0 bridgehead atoms. The van der Waals surface area contributed by atoms with Crippen LogP contribution < -0.4 is 9.47 Å². The van der Waals surface area contributed by atoms with Crippen molar-refractivity contribution in [1.29, 1.82) is 0 Å². The molecule has 0 unspecified atom stereocenters. The van der Waals surface area contributed by atoms with E-state index in [0.29, 0.717) is 13.2 Å². The van der Waals surface area contributed by atoms with E-state index >= 15 is 0 Å². The van der Waals surface area contributed by atoms with Gasteiger partial charge in [0.2, 0.25) is 0 Å². The molecule has 0 fully saturated rings. The van der Waals surface area contributed by atoms with Gasteiger partial charge in [0.05, 0.1) is 0 Å². The third-order valence-electron chi connectivity index (χ3n) is 7.46. The average molecular weight is 575 g/mol. The van der Waals surface area contributed by atoms with Crippen LogP contribution in [0.5, 0.6) is 11.5 Å². The molecule has 2 heteroatoms. The van der Waals surface area contributed by atoms with E-state index in [4.69, 9.17) is 9.47 Å². The minimum Gasteiger partial charge on any atom is -0.489 e. The molecule has 0 saturated heterocycles. The molecule has 5 rings (SSSR count). The van der Waals surface area contributed by atoms with E-state index in [1.54, 1.807) is 12.2 Å². The number of rotatable bonds is 14. The Balaban J connectivity index is 1.93. The van der Waals surface area contributed by atoms with Gasteiger partial charge in [-0.05, 0) is 63.9 Å². The zero-order chi connectivity index (χ0) is 30.7. The Kier molecular flexibility index (Phi) is 10.1. The lowest BCUT2D eigenvalue weighted by Gasteiger charge is -2.24. The summed E-state index contributed by atoms with van der Waals surface area (Å²) < 4.78 is 12.9. The third-order valence-corrected chi connectivity index (χ3v) is 7.46. The van der Waals surface area contributed by atoms with Crippen LogP contribution in [0, 0.1) is 0 Å². The standard InChI is InChI=1S/C42H38O2/c1-5-15-31-23-25-34(26-24-31)40-38(36-21-12-13-22-39(36)43-27-7-3)30-37(33-18-10-9-11-19-33)41(42(40)44-28-8-4)35-20-14-17-32(29-35)16-6-2/h5-14,17-26,29-30H,1-4,15-16,27-28H2. The third kappa shape index (κ3) is 6.66. The van der Waals surface area contributed by atoms with Crippen LogP contribution in [0.15, 0.2) is 160 Å². The molecule has 0 aromatic heterocycles. The van der Waals surface area contributed by atoms with Gasteiger partial charge in [-0.2, -0.15) is 0 Å². The summed E-state index contributed by atoms with van der Waals surface area (Å²) in [5, 5.41) is 0. The van der Waals surface area contributed by atoms with E-state index in [1.165, 1.54) is 11.1 Å². The first-order chi connectivity index (χ1) is 21.7. The van der Waals surface area contributed by atoms with Crippen molar-refractivity contribution in [2.24, 2.45) is 0 Å². The molecular formula is C42H38O2. The van der Waals surface area contributed by atoms with Gasteiger partial charge >= 0.3 is 0 Å². The van der Waals surface area contributed by atoms with Gasteiger partial charge < -0.3 is 9.47 Å². The largest absolute Gasteiger partial charge is 0.489 e. The summed E-state index contributed by atoms with van der Waals surface area (Å²) in [6.07, 6.45) is 9.01. The number of hydrogen-bond acceptors (Lipinski definition) is 2. The molecule has 0 amide bonds. The molecule has 0 atom stereocenters. The van der Waals surface area contributed by atoms with Gasteiger partial charge in [-0.1, -0.05) is 135 Å². The molecule has 0 aliphatic carbocycles. The van der Waals surface area contributed by atoms with E-state index in [9.17, 15) is 0 Å². The Hall–Kier alpha value is -5.34. The summed E-state index contributed by atoms with van der Waals surface area (Å²) in [5.41, 5.74) is 10.7.